The Morgan fingerprint density at radius 3 is 2.11 bits per heavy atom. The highest BCUT2D eigenvalue weighted by Crippen LogP contribution is 2.29. The molecule has 1 atom stereocenters. The SMILES string of the molecule is Cc1nc2c(OCc3c(F)cccc3F)cc(Cl)cn2c1C(=O)NCC(C)(CCC(F)(F)F)NC(=O)O.O=C(O)C(F)(F)F. The summed E-state index contributed by atoms with van der Waals surface area (Å²) in [6.07, 6.45) is -11.7. The number of amides is 2. The van der Waals surface area contributed by atoms with Gasteiger partial charge in [-0.05, 0) is 32.4 Å². The van der Waals surface area contributed by atoms with Gasteiger partial charge in [0, 0.05) is 25.2 Å². The number of ether oxygens (including phenoxy) is 1. The number of aryl methyl sites for hydroxylation is 1. The number of nitrogens with zero attached hydrogens (tertiary/aromatic N) is 2. The van der Waals surface area contributed by atoms with Crippen molar-refractivity contribution in [1.29, 1.82) is 0 Å². The van der Waals surface area contributed by atoms with Crippen LogP contribution in [0.4, 0.5) is 39.9 Å². The van der Waals surface area contributed by atoms with Crippen molar-refractivity contribution in [2.45, 2.75) is 51.2 Å². The number of carboxylic acids is 1. The maximum atomic E-state index is 14.0. The Morgan fingerprint density at radius 1 is 1.05 bits per heavy atom. The number of carbonyl (C=O) groups is 3. The third-order valence-electron chi connectivity index (χ3n) is 5.73. The van der Waals surface area contributed by atoms with Crippen molar-refractivity contribution in [3.05, 3.63) is 64.1 Å². The van der Waals surface area contributed by atoms with Crippen LogP contribution in [0.1, 0.15) is 41.5 Å². The molecule has 1 aromatic carbocycles. The summed E-state index contributed by atoms with van der Waals surface area (Å²) in [4.78, 5) is 37.3. The molecule has 0 saturated heterocycles. The van der Waals surface area contributed by atoms with E-state index in [1.165, 1.54) is 36.6 Å². The molecular weight excluding hydrogens is 640 g/mol. The quantitative estimate of drug-likeness (QED) is 0.210. The summed E-state index contributed by atoms with van der Waals surface area (Å²) in [5, 5.41) is 20.7. The van der Waals surface area contributed by atoms with E-state index in [2.05, 4.69) is 10.3 Å². The molecule has 3 rings (SSSR count). The first-order valence-corrected chi connectivity index (χ1v) is 12.4. The molecule has 242 valence electrons. The molecule has 3 aromatic rings. The van der Waals surface area contributed by atoms with Gasteiger partial charge in [-0.15, -0.1) is 0 Å². The summed E-state index contributed by atoms with van der Waals surface area (Å²) in [7, 11) is 0. The van der Waals surface area contributed by atoms with Crippen LogP contribution in [0.25, 0.3) is 5.65 Å². The molecule has 2 aromatic heterocycles. The molecule has 4 N–H and O–H groups in total. The van der Waals surface area contributed by atoms with E-state index < -0.39 is 73.5 Å². The maximum absolute atomic E-state index is 14.0. The zero-order valence-corrected chi connectivity index (χ0v) is 23.3. The average Bonchev–Trinajstić information content (AvgIpc) is 3.20. The molecule has 0 saturated carbocycles. The third kappa shape index (κ3) is 10.1. The molecule has 44 heavy (non-hydrogen) atoms. The lowest BCUT2D eigenvalue weighted by Gasteiger charge is -2.30. The van der Waals surface area contributed by atoms with Gasteiger partial charge in [-0.2, -0.15) is 26.3 Å². The molecule has 1 unspecified atom stereocenters. The summed E-state index contributed by atoms with van der Waals surface area (Å²) in [6.45, 7) is 1.76. The van der Waals surface area contributed by atoms with E-state index in [-0.39, 0.29) is 33.4 Å². The minimum Gasteiger partial charge on any atom is -0.485 e. The lowest BCUT2D eigenvalue weighted by atomic mass is 9.95. The molecule has 0 aliphatic heterocycles. The number of rotatable bonds is 9. The number of pyridine rings is 1. The van der Waals surface area contributed by atoms with E-state index in [4.69, 9.17) is 31.3 Å². The normalized spacial score (nSPS) is 13.0. The molecule has 0 aliphatic rings. The lowest BCUT2D eigenvalue weighted by molar-refractivity contribution is -0.192. The molecule has 0 aliphatic carbocycles. The van der Waals surface area contributed by atoms with Crippen LogP contribution in [0.5, 0.6) is 5.75 Å². The highest BCUT2D eigenvalue weighted by Gasteiger charge is 2.38. The van der Waals surface area contributed by atoms with Gasteiger partial charge in [0.1, 0.15) is 23.9 Å². The Balaban J connectivity index is 0.000000860. The van der Waals surface area contributed by atoms with Crippen LogP contribution in [0.15, 0.2) is 30.5 Å². The predicted molar refractivity (Wildman–Crippen MR) is 137 cm³/mol. The second kappa shape index (κ2) is 14.0. The van der Waals surface area contributed by atoms with Crippen LogP contribution in [0.3, 0.4) is 0 Å². The fourth-order valence-electron chi connectivity index (χ4n) is 3.63. The first-order valence-electron chi connectivity index (χ1n) is 12.0. The third-order valence-corrected chi connectivity index (χ3v) is 5.93. The first kappa shape index (κ1) is 35.8. The van der Waals surface area contributed by atoms with E-state index in [0.29, 0.717) is 0 Å². The number of hydrogen-bond donors (Lipinski definition) is 4. The minimum atomic E-state index is -5.08. The predicted octanol–water partition coefficient (Wildman–Crippen LogP) is 5.89. The highest BCUT2D eigenvalue weighted by atomic mass is 35.5. The van der Waals surface area contributed by atoms with Crippen molar-refractivity contribution in [2.24, 2.45) is 0 Å². The summed E-state index contributed by atoms with van der Waals surface area (Å²) < 4.78 is 105. The van der Waals surface area contributed by atoms with E-state index in [0.717, 1.165) is 12.1 Å². The van der Waals surface area contributed by atoms with Crippen LogP contribution in [-0.2, 0) is 11.4 Å². The topological polar surface area (TPSA) is 142 Å². The number of carbonyl (C=O) groups excluding carboxylic acids is 1. The lowest BCUT2D eigenvalue weighted by Crippen LogP contribution is -2.53. The van der Waals surface area contributed by atoms with Gasteiger partial charge >= 0.3 is 24.4 Å². The largest absolute Gasteiger partial charge is 0.490 e. The second-order valence-corrected chi connectivity index (χ2v) is 9.78. The number of halogens is 9. The second-order valence-electron chi connectivity index (χ2n) is 9.34. The van der Waals surface area contributed by atoms with Gasteiger partial charge in [0.05, 0.1) is 21.8 Å². The van der Waals surface area contributed by atoms with Gasteiger partial charge in [-0.1, -0.05) is 17.7 Å². The Hall–Kier alpha value is -4.35. The molecule has 2 heterocycles. The number of carboxylic acid groups (broad SMARTS) is 2. The van der Waals surface area contributed by atoms with Crippen molar-refractivity contribution in [3.63, 3.8) is 0 Å². The van der Waals surface area contributed by atoms with Crippen molar-refractivity contribution in [2.75, 3.05) is 6.54 Å². The fraction of sp³-hybridized carbons (Fsp3) is 0.360. The Bertz CT molecular complexity index is 1510. The summed E-state index contributed by atoms with van der Waals surface area (Å²) in [5.41, 5.74) is -1.72. The van der Waals surface area contributed by atoms with E-state index >= 15 is 0 Å². The summed E-state index contributed by atoms with van der Waals surface area (Å²) >= 11 is 6.15. The number of aliphatic carboxylic acids is 1. The Kier molecular flexibility index (Phi) is 11.4. The van der Waals surface area contributed by atoms with Crippen molar-refractivity contribution in [3.8, 4) is 5.75 Å². The minimum absolute atomic E-state index is 0.0138. The van der Waals surface area contributed by atoms with Crippen molar-refractivity contribution in [1.82, 2.24) is 20.0 Å². The van der Waals surface area contributed by atoms with E-state index in [9.17, 15) is 44.7 Å². The molecule has 0 spiro atoms. The van der Waals surface area contributed by atoms with Crippen LogP contribution in [-0.4, -0.2) is 62.0 Å². The van der Waals surface area contributed by atoms with Crippen molar-refractivity contribution < 1.29 is 64.5 Å². The van der Waals surface area contributed by atoms with Gasteiger partial charge < -0.3 is 25.6 Å². The zero-order valence-electron chi connectivity index (χ0n) is 22.5. The Morgan fingerprint density at radius 2 is 1.61 bits per heavy atom. The van der Waals surface area contributed by atoms with Crippen LogP contribution >= 0.6 is 11.6 Å². The Labute approximate surface area is 247 Å². The molecule has 0 radical (unpaired) electrons. The van der Waals surface area contributed by atoms with Gasteiger partial charge in [-0.3, -0.25) is 9.20 Å². The van der Waals surface area contributed by atoms with Crippen molar-refractivity contribution >= 4 is 35.2 Å². The molecule has 0 fully saturated rings. The molecule has 0 bridgehead atoms. The molecular formula is C25H23ClF8N4O6. The number of nitrogens with one attached hydrogen (secondary N) is 2. The van der Waals surface area contributed by atoms with Crippen LogP contribution in [0.2, 0.25) is 5.02 Å². The summed E-state index contributed by atoms with van der Waals surface area (Å²) in [5.74, 6) is -5.15. The maximum Gasteiger partial charge on any atom is 0.490 e. The smallest absolute Gasteiger partial charge is 0.485 e. The number of hydrogen-bond acceptors (Lipinski definition) is 5. The first-order chi connectivity index (χ1) is 20.1. The van der Waals surface area contributed by atoms with Gasteiger partial charge in [0.25, 0.3) is 5.91 Å². The zero-order chi connectivity index (χ0) is 33.6. The number of imidazole rings is 1. The highest BCUT2D eigenvalue weighted by molar-refractivity contribution is 6.30. The van der Waals surface area contributed by atoms with Gasteiger partial charge in [0.15, 0.2) is 11.4 Å². The monoisotopic (exact) mass is 662 g/mol. The number of fused-ring (bicyclic) bond motifs is 1. The average molecular weight is 663 g/mol. The number of benzene rings is 1. The molecule has 10 nitrogen and oxygen atoms in total. The molecule has 2 amide bonds. The van der Waals surface area contributed by atoms with Crippen LogP contribution < -0.4 is 15.4 Å². The standard InChI is InChI=1S/C23H22ClF5N4O4.C2HF3O2/c1-12-18(20(34)30-11-22(2,32-21(35)36)6-7-23(27,28)29)33-9-13(24)8-17(19(33)31-12)37-10-14-15(25)4-3-5-16(14)26;3-2(4,5)1(6)7/h3-5,8-9,32H,6-7,10-11H2,1-2H3,(H,30,34)(H,35,36);(H,6,7). The van der Waals surface area contributed by atoms with E-state index in [1.54, 1.807) is 0 Å². The number of aromatic nitrogens is 2. The van der Waals surface area contributed by atoms with Gasteiger partial charge in [-0.25, -0.2) is 23.4 Å². The fourth-order valence-corrected chi connectivity index (χ4v) is 3.82. The summed E-state index contributed by atoms with van der Waals surface area (Å²) in [6, 6.07) is 4.68. The van der Waals surface area contributed by atoms with Crippen LogP contribution in [0, 0.1) is 18.6 Å². The number of alkyl halides is 6. The van der Waals surface area contributed by atoms with E-state index in [1.807, 2.05) is 5.32 Å². The van der Waals surface area contributed by atoms with Gasteiger partial charge in [0.2, 0.25) is 0 Å². The molecule has 19 heteroatoms.